The number of aromatic nitrogens is 2. The molecule has 0 saturated carbocycles. The molecule has 1 aromatic carbocycles. The molecule has 0 spiro atoms. The zero-order valence-electron chi connectivity index (χ0n) is 12.4. The maximum atomic E-state index is 14.1. The van der Waals surface area contributed by atoms with Crippen LogP contribution in [0.4, 0.5) is 17.6 Å². The van der Waals surface area contributed by atoms with E-state index in [1.54, 1.807) is 0 Å². The van der Waals surface area contributed by atoms with Crippen LogP contribution in [-0.2, 0) is 10.9 Å². The third kappa shape index (κ3) is 3.73. The molecule has 134 valence electrons. The van der Waals surface area contributed by atoms with Crippen LogP contribution in [0.5, 0.6) is 0 Å². The van der Waals surface area contributed by atoms with Gasteiger partial charge >= 0.3 is 17.8 Å². The van der Waals surface area contributed by atoms with E-state index in [1.165, 1.54) is 11.9 Å². The number of aromatic amines is 1. The lowest BCUT2D eigenvalue weighted by atomic mass is 10.2. The molecule has 0 aliphatic heterocycles. The fourth-order valence-electron chi connectivity index (χ4n) is 1.95. The number of alkyl halides is 3. The van der Waals surface area contributed by atoms with Gasteiger partial charge in [0.05, 0.1) is 22.9 Å². The minimum atomic E-state index is -4.97. The summed E-state index contributed by atoms with van der Waals surface area (Å²) < 4.78 is 56.7. The van der Waals surface area contributed by atoms with Crippen LogP contribution in [0.1, 0.15) is 23.0 Å². The molecule has 2 aromatic rings. The SMILES string of the molecule is CCOC(=O)c1cc(-n2c(=O)cc(C(F)(F)F)[nH]c2=O)c(F)cc1Cl. The van der Waals surface area contributed by atoms with Crippen molar-refractivity contribution in [1.82, 2.24) is 9.55 Å². The maximum Gasteiger partial charge on any atom is 0.431 e. The summed E-state index contributed by atoms with van der Waals surface area (Å²) in [4.78, 5) is 36.9. The topological polar surface area (TPSA) is 81.2 Å². The molecule has 0 aliphatic rings. The molecule has 0 bridgehead atoms. The number of benzene rings is 1. The molecule has 11 heteroatoms. The first kappa shape index (κ1) is 18.7. The second kappa shape index (κ2) is 6.71. The Morgan fingerprint density at radius 1 is 1.28 bits per heavy atom. The van der Waals surface area contributed by atoms with Gasteiger partial charge in [0, 0.05) is 6.07 Å². The molecule has 0 radical (unpaired) electrons. The van der Waals surface area contributed by atoms with Gasteiger partial charge in [0.15, 0.2) is 0 Å². The van der Waals surface area contributed by atoms with Crippen molar-refractivity contribution >= 4 is 17.6 Å². The largest absolute Gasteiger partial charge is 0.462 e. The Hall–Kier alpha value is -2.62. The van der Waals surface area contributed by atoms with Gasteiger partial charge in [-0.15, -0.1) is 0 Å². The van der Waals surface area contributed by atoms with Gasteiger partial charge in [0.2, 0.25) is 0 Å². The highest BCUT2D eigenvalue weighted by Crippen LogP contribution is 2.26. The van der Waals surface area contributed by atoms with Crippen LogP contribution in [0.15, 0.2) is 27.8 Å². The Morgan fingerprint density at radius 2 is 1.92 bits per heavy atom. The minimum absolute atomic E-state index is 0.0251. The Kier molecular flexibility index (Phi) is 5.02. The Balaban J connectivity index is 2.71. The summed E-state index contributed by atoms with van der Waals surface area (Å²) in [6, 6.07) is 1.49. The average Bonchev–Trinajstić information content (AvgIpc) is 2.47. The molecular formula is C14H9ClF4N2O4. The number of rotatable bonds is 3. The summed E-state index contributed by atoms with van der Waals surface area (Å²) in [5.41, 5.74) is -5.65. The van der Waals surface area contributed by atoms with E-state index in [0.717, 1.165) is 6.07 Å². The lowest BCUT2D eigenvalue weighted by Crippen LogP contribution is -2.36. The number of halogens is 5. The normalized spacial score (nSPS) is 11.4. The third-order valence-corrected chi connectivity index (χ3v) is 3.32. The molecular weight excluding hydrogens is 372 g/mol. The highest BCUT2D eigenvalue weighted by Gasteiger charge is 2.33. The highest BCUT2D eigenvalue weighted by atomic mass is 35.5. The van der Waals surface area contributed by atoms with Crippen molar-refractivity contribution in [2.24, 2.45) is 0 Å². The van der Waals surface area contributed by atoms with E-state index in [-0.39, 0.29) is 27.8 Å². The van der Waals surface area contributed by atoms with E-state index in [0.29, 0.717) is 6.07 Å². The molecule has 1 aromatic heterocycles. The lowest BCUT2D eigenvalue weighted by Gasteiger charge is -2.11. The van der Waals surface area contributed by atoms with Crippen molar-refractivity contribution in [3.05, 3.63) is 61.1 Å². The number of nitrogens with one attached hydrogen (secondary N) is 1. The van der Waals surface area contributed by atoms with Gasteiger partial charge in [-0.05, 0) is 19.1 Å². The summed E-state index contributed by atoms with van der Waals surface area (Å²) >= 11 is 5.72. The average molecular weight is 381 g/mol. The van der Waals surface area contributed by atoms with Gasteiger partial charge in [-0.1, -0.05) is 11.6 Å². The number of ether oxygens (including phenoxy) is 1. The van der Waals surface area contributed by atoms with E-state index in [2.05, 4.69) is 0 Å². The number of hydrogen-bond donors (Lipinski definition) is 1. The first-order chi connectivity index (χ1) is 11.6. The summed E-state index contributed by atoms with van der Waals surface area (Å²) in [5, 5.41) is -0.351. The second-order valence-electron chi connectivity index (χ2n) is 4.66. The molecule has 0 aliphatic carbocycles. The number of H-pyrrole nitrogens is 1. The van der Waals surface area contributed by atoms with Crippen LogP contribution < -0.4 is 11.2 Å². The minimum Gasteiger partial charge on any atom is -0.462 e. The fraction of sp³-hybridized carbons (Fsp3) is 0.214. The van der Waals surface area contributed by atoms with Gasteiger partial charge in [-0.25, -0.2) is 18.5 Å². The first-order valence-electron chi connectivity index (χ1n) is 6.66. The summed E-state index contributed by atoms with van der Waals surface area (Å²) in [5.74, 6) is -2.14. The van der Waals surface area contributed by atoms with E-state index in [9.17, 15) is 31.9 Å². The molecule has 6 nitrogen and oxygen atoms in total. The number of carbonyl (C=O) groups excluding carboxylic acids is 1. The smallest absolute Gasteiger partial charge is 0.431 e. The van der Waals surface area contributed by atoms with Crippen molar-refractivity contribution < 1.29 is 27.1 Å². The predicted octanol–water partition coefficient (Wildman–Crippen LogP) is 2.51. The van der Waals surface area contributed by atoms with Gasteiger partial charge < -0.3 is 9.72 Å². The molecule has 1 heterocycles. The van der Waals surface area contributed by atoms with E-state index in [4.69, 9.17) is 16.3 Å². The predicted molar refractivity (Wildman–Crippen MR) is 78.6 cm³/mol. The van der Waals surface area contributed by atoms with Gasteiger partial charge in [0.1, 0.15) is 11.5 Å². The number of hydrogen-bond acceptors (Lipinski definition) is 4. The molecule has 0 amide bonds. The van der Waals surface area contributed by atoms with Crippen LogP contribution in [0.25, 0.3) is 5.69 Å². The van der Waals surface area contributed by atoms with Gasteiger partial charge in [-0.2, -0.15) is 13.2 Å². The fourth-order valence-corrected chi connectivity index (χ4v) is 2.18. The summed E-state index contributed by atoms with van der Waals surface area (Å²) in [7, 11) is 0. The van der Waals surface area contributed by atoms with Crippen molar-refractivity contribution in [1.29, 1.82) is 0 Å². The zero-order chi connectivity index (χ0) is 18.9. The van der Waals surface area contributed by atoms with E-state index < -0.39 is 40.6 Å². The Morgan fingerprint density at radius 3 is 2.44 bits per heavy atom. The quantitative estimate of drug-likeness (QED) is 0.655. The lowest BCUT2D eigenvalue weighted by molar-refractivity contribution is -0.141. The van der Waals surface area contributed by atoms with Crippen molar-refractivity contribution in [3.63, 3.8) is 0 Å². The number of carbonyl (C=O) groups is 1. The van der Waals surface area contributed by atoms with Crippen LogP contribution in [-0.4, -0.2) is 22.1 Å². The number of nitrogens with zero attached hydrogens (tertiary/aromatic N) is 1. The monoisotopic (exact) mass is 380 g/mol. The van der Waals surface area contributed by atoms with Crippen LogP contribution in [0, 0.1) is 5.82 Å². The Labute approximate surface area is 141 Å². The van der Waals surface area contributed by atoms with E-state index >= 15 is 0 Å². The standard InChI is InChI=1S/C14H9ClF4N2O4/c1-2-25-12(23)6-3-9(8(16)4-7(6)15)21-11(22)5-10(14(17,18)19)20-13(21)24/h3-5H,2H2,1H3,(H,20,24). The maximum absolute atomic E-state index is 14.1. The van der Waals surface area contributed by atoms with Gasteiger partial charge in [-0.3, -0.25) is 4.79 Å². The van der Waals surface area contributed by atoms with E-state index in [1.807, 2.05) is 0 Å². The van der Waals surface area contributed by atoms with Crippen LogP contribution >= 0.6 is 11.6 Å². The van der Waals surface area contributed by atoms with Crippen molar-refractivity contribution in [3.8, 4) is 5.69 Å². The second-order valence-corrected chi connectivity index (χ2v) is 5.07. The highest BCUT2D eigenvalue weighted by molar-refractivity contribution is 6.33. The van der Waals surface area contributed by atoms with Gasteiger partial charge in [0.25, 0.3) is 5.56 Å². The number of esters is 1. The van der Waals surface area contributed by atoms with Crippen molar-refractivity contribution in [2.75, 3.05) is 6.61 Å². The molecule has 25 heavy (non-hydrogen) atoms. The molecule has 0 saturated heterocycles. The first-order valence-corrected chi connectivity index (χ1v) is 7.04. The molecule has 0 atom stereocenters. The van der Waals surface area contributed by atoms with Crippen LogP contribution in [0.2, 0.25) is 5.02 Å². The summed E-state index contributed by atoms with van der Waals surface area (Å²) in [6.45, 7) is 1.48. The molecule has 2 rings (SSSR count). The van der Waals surface area contributed by atoms with Crippen molar-refractivity contribution in [2.45, 2.75) is 13.1 Å². The molecule has 0 fully saturated rings. The zero-order valence-corrected chi connectivity index (χ0v) is 13.2. The summed E-state index contributed by atoms with van der Waals surface area (Å²) in [6.07, 6.45) is -4.97. The Bertz CT molecular complexity index is 918. The van der Waals surface area contributed by atoms with Crippen LogP contribution in [0.3, 0.4) is 0 Å². The third-order valence-electron chi connectivity index (χ3n) is 3.01. The molecule has 0 unspecified atom stereocenters. The molecule has 1 N–H and O–H groups in total.